The van der Waals surface area contributed by atoms with Crippen molar-refractivity contribution in [3.63, 3.8) is 0 Å². The SMILES string of the molecule is C[C@@H]1CN(C(=O)c2cocn2)CCN1. The van der Waals surface area contributed by atoms with Gasteiger partial charge >= 0.3 is 0 Å². The Balaban J connectivity index is 2.04. The average molecular weight is 195 g/mol. The maximum absolute atomic E-state index is 11.8. The van der Waals surface area contributed by atoms with Gasteiger partial charge in [0, 0.05) is 25.7 Å². The van der Waals surface area contributed by atoms with Crippen LogP contribution in [0.5, 0.6) is 0 Å². The summed E-state index contributed by atoms with van der Waals surface area (Å²) in [6, 6.07) is 0.347. The second-order valence-corrected chi connectivity index (χ2v) is 3.48. The number of nitrogens with one attached hydrogen (secondary N) is 1. The Morgan fingerprint density at radius 1 is 1.79 bits per heavy atom. The number of rotatable bonds is 1. The summed E-state index contributed by atoms with van der Waals surface area (Å²) in [7, 11) is 0. The minimum Gasteiger partial charge on any atom is -0.451 e. The lowest BCUT2D eigenvalue weighted by Gasteiger charge is -2.31. The zero-order chi connectivity index (χ0) is 9.97. The molecular weight excluding hydrogens is 182 g/mol. The van der Waals surface area contributed by atoms with Gasteiger partial charge in [-0.25, -0.2) is 4.98 Å². The standard InChI is InChI=1S/C9H13N3O2/c1-7-4-12(3-2-10-7)9(13)8-5-14-6-11-8/h5-7,10H,2-4H2,1H3/t7-/m1/s1. The smallest absolute Gasteiger partial charge is 0.275 e. The van der Waals surface area contributed by atoms with E-state index in [0.717, 1.165) is 19.6 Å². The van der Waals surface area contributed by atoms with E-state index in [1.165, 1.54) is 12.7 Å². The highest BCUT2D eigenvalue weighted by Crippen LogP contribution is 2.05. The monoisotopic (exact) mass is 195 g/mol. The summed E-state index contributed by atoms with van der Waals surface area (Å²) in [5, 5.41) is 3.27. The maximum Gasteiger partial charge on any atom is 0.275 e. The molecule has 0 unspecified atom stereocenters. The summed E-state index contributed by atoms with van der Waals surface area (Å²) >= 11 is 0. The molecule has 0 aromatic carbocycles. The number of aromatic nitrogens is 1. The first-order chi connectivity index (χ1) is 6.77. The molecule has 1 fully saturated rings. The van der Waals surface area contributed by atoms with Crippen molar-refractivity contribution >= 4 is 5.91 Å². The third-order valence-electron chi connectivity index (χ3n) is 2.31. The molecule has 0 bridgehead atoms. The van der Waals surface area contributed by atoms with Crippen LogP contribution in [0.3, 0.4) is 0 Å². The predicted octanol–water partition coefficient (Wildman–Crippen LogP) is 0.108. The number of piperazine rings is 1. The van der Waals surface area contributed by atoms with E-state index >= 15 is 0 Å². The van der Waals surface area contributed by atoms with Crippen LogP contribution in [0.2, 0.25) is 0 Å². The number of amides is 1. The Labute approximate surface area is 82.1 Å². The molecular formula is C9H13N3O2. The van der Waals surface area contributed by atoms with Gasteiger partial charge in [-0.3, -0.25) is 4.79 Å². The van der Waals surface area contributed by atoms with Gasteiger partial charge in [-0.2, -0.15) is 0 Å². The summed E-state index contributed by atoms with van der Waals surface area (Å²) in [5.74, 6) is -0.0490. The van der Waals surface area contributed by atoms with E-state index in [-0.39, 0.29) is 5.91 Å². The van der Waals surface area contributed by atoms with E-state index in [2.05, 4.69) is 17.2 Å². The van der Waals surface area contributed by atoms with Gasteiger partial charge in [0.05, 0.1) is 0 Å². The van der Waals surface area contributed by atoms with Gasteiger partial charge in [-0.15, -0.1) is 0 Å². The van der Waals surface area contributed by atoms with Crippen LogP contribution in [-0.4, -0.2) is 41.5 Å². The van der Waals surface area contributed by atoms with Gasteiger partial charge in [0.2, 0.25) is 0 Å². The van der Waals surface area contributed by atoms with E-state index < -0.39 is 0 Å². The highest BCUT2D eigenvalue weighted by Gasteiger charge is 2.22. The molecule has 5 heteroatoms. The van der Waals surface area contributed by atoms with E-state index in [4.69, 9.17) is 4.42 Å². The van der Waals surface area contributed by atoms with Crippen molar-refractivity contribution in [2.45, 2.75) is 13.0 Å². The first-order valence-corrected chi connectivity index (χ1v) is 4.68. The number of nitrogens with zero attached hydrogens (tertiary/aromatic N) is 2. The summed E-state index contributed by atoms with van der Waals surface area (Å²) in [6.45, 7) is 4.36. The van der Waals surface area contributed by atoms with Crippen molar-refractivity contribution in [2.24, 2.45) is 0 Å². The molecule has 2 heterocycles. The van der Waals surface area contributed by atoms with Crippen LogP contribution in [0.15, 0.2) is 17.1 Å². The molecule has 1 aromatic rings. The van der Waals surface area contributed by atoms with Crippen LogP contribution in [0.25, 0.3) is 0 Å². The Bertz CT molecular complexity index is 310. The Kier molecular flexibility index (Phi) is 2.49. The zero-order valence-corrected chi connectivity index (χ0v) is 8.06. The van der Waals surface area contributed by atoms with Gasteiger partial charge in [0.15, 0.2) is 12.1 Å². The summed E-state index contributed by atoms with van der Waals surface area (Å²) in [4.78, 5) is 17.4. The summed E-state index contributed by atoms with van der Waals surface area (Å²) in [5.41, 5.74) is 0.388. The highest BCUT2D eigenvalue weighted by molar-refractivity contribution is 5.91. The van der Waals surface area contributed by atoms with E-state index in [1.807, 2.05) is 0 Å². The lowest BCUT2D eigenvalue weighted by atomic mass is 10.2. The van der Waals surface area contributed by atoms with Crippen molar-refractivity contribution in [3.8, 4) is 0 Å². The molecule has 1 aromatic heterocycles. The third kappa shape index (κ3) is 1.77. The fraction of sp³-hybridized carbons (Fsp3) is 0.556. The lowest BCUT2D eigenvalue weighted by molar-refractivity contribution is 0.0703. The van der Waals surface area contributed by atoms with Crippen LogP contribution in [0, 0.1) is 0 Å². The molecule has 0 saturated carbocycles. The molecule has 0 spiro atoms. The molecule has 1 amide bonds. The molecule has 2 rings (SSSR count). The number of oxazole rings is 1. The molecule has 1 atom stereocenters. The lowest BCUT2D eigenvalue weighted by Crippen LogP contribution is -2.51. The molecule has 1 saturated heterocycles. The van der Waals surface area contributed by atoms with Crippen molar-refractivity contribution in [2.75, 3.05) is 19.6 Å². The van der Waals surface area contributed by atoms with Crippen molar-refractivity contribution in [1.82, 2.24) is 15.2 Å². The van der Waals surface area contributed by atoms with E-state index in [0.29, 0.717) is 11.7 Å². The van der Waals surface area contributed by atoms with Crippen LogP contribution >= 0.6 is 0 Å². The Morgan fingerprint density at radius 2 is 2.64 bits per heavy atom. The van der Waals surface area contributed by atoms with Crippen LogP contribution in [0.4, 0.5) is 0 Å². The van der Waals surface area contributed by atoms with Crippen LogP contribution < -0.4 is 5.32 Å². The number of carbonyl (C=O) groups excluding carboxylic acids is 1. The maximum atomic E-state index is 11.8. The van der Waals surface area contributed by atoms with Crippen molar-refractivity contribution in [3.05, 3.63) is 18.4 Å². The molecule has 1 aliphatic heterocycles. The second kappa shape index (κ2) is 3.79. The largest absolute Gasteiger partial charge is 0.451 e. The van der Waals surface area contributed by atoms with E-state index in [1.54, 1.807) is 4.90 Å². The molecule has 14 heavy (non-hydrogen) atoms. The van der Waals surface area contributed by atoms with Crippen LogP contribution in [-0.2, 0) is 0 Å². The molecule has 0 radical (unpaired) electrons. The highest BCUT2D eigenvalue weighted by atomic mass is 16.3. The summed E-state index contributed by atoms with van der Waals surface area (Å²) < 4.78 is 4.78. The molecule has 1 N–H and O–H groups in total. The van der Waals surface area contributed by atoms with Gasteiger partial charge in [-0.05, 0) is 6.92 Å². The minimum absolute atomic E-state index is 0.0490. The number of hydrogen-bond donors (Lipinski definition) is 1. The number of carbonyl (C=O) groups is 1. The van der Waals surface area contributed by atoms with Gasteiger partial charge < -0.3 is 14.6 Å². The molecule has 1 aliphatic rings. The molecule has 0 aliphatic carbocycles. The Hall–Kier alpha value is -1.36. The fourth-order valence-electron chi connectivity index (χ4n) is 1.60. The number of hydrogen-bond acceptors (Lipinski definition) is 4. The van der Waals surface area contributed by atoms with Crippen molar-refractivity contribution in [1.29, 1.82) is 0 Å². The van der Waals surface area contributed by atoms with E-state index in [9.17, 15) is 4.79 Å². The fourth-order valence-corrected chi connectivity index (χ4v) is 1.60. The van der Waals surface area contributed by atoms with Crippen LogP contribution in [0.1, 0.15) is 17.4 Å². The molecule has 5 nitrogen and oxygen atoms in total. The van der Waals surface area contributed by atoms with Gasteiger partial charge in [0.1, 0.15) is 6.26 Å². The first-order valence-electron chi connectivity index (χ1n) is 4.68. The average Bonchev–Trinajstić information content (AvgIpc) is 2.69. The van der Waals surface area contributed by atoms with Gasteiger partial charge in [-0.1, -0.05) is 0 Å². The van der Waals surface area contributed by atoms with Gasteiger partial charge in [0.25, 0.3) is 5.91 Å². The zero-order valence-electron chi connectivity index (χ0n) is 8.06. The second-order valence-electron chi connectivity index (χ2n) is 3.48. The summed E-state index contributed by atoms with van der Waals surface area (Å²) in [6.07, 6.45) is 2.66. The normalized spacial score (nSPS) is 22.4. The topological polar surface area (TPSA) is 58.4 Å². The third-order valence-corrected chi connectivity index (χ3v) is 2.31. The quantitative estimate of drug-likeness (QED) is 0.691. The van der Waals surface area contributed by atoms with Crippen molar-refractivity contribution < 1.29 is 9.21 Å². The first kappa shape index (κ1) is 9.21. The predicted molar refractivity (Wildman–Crippen MR) is 49.9 cm³/mol. The minimum atomic E-state index is -0.0490. The Morgan fingerprint density at radius 3 is 3.29 bits per heavy atom. The molecule has 76 valence electrons.